The summed E-state index contributed by atoms with van der Waals surface area (Å²) in [4.78, 5) is 32.5. The molecule has 2 aliphatic heterocycles. The second kappa shape index (κ2) is 7.30. The minimum Gasteiger partial charge on any atom is -0.478 e. The predicted octanol–water partition coefficient (Wildman–Crippen LogP) is 2.14. The predicted molar refractivity (Wildman–Crippen MR) is 101 cm³/mol. The molecule has 0 aromatic heterocycles. The Morgan fingerprint density at radius 1 is 1.07 bits per heavy atom. The first-order chi connectivity index (χ1) is 13.1. The number of carbonyl (C=O) groups excluding carboxylic acids is 1. The summed E-state index contributed by atoms with van der Waals surface area (Å²) < 4.78 is 5.38. The molecule has 1 amide bonds. The van der Waals surface area contributed by atoms with E-state index < -0.39 is 5.97 Å². The number of anilines is 1. The normalized spacial score (nSPS) is 18.7. The van der Waals surface area contributed by atoms with E-state index in [9.17, 15) is 9.59 Å². The van der Waals surface area contributed by atoms with Gasteiger partial charge in [0, 0.05) is 18.7 Å². The van der Waals surface area contributed by atoms with Crippen molar-refractivity contribution in [3.8, 4) is 0 Å². The number of nitrogens with zero attached hydrogens (tertiary/aromatic N) is 3. The van der Waals surface area contributed by atoms with Crippen molar-refractivity contribution in [3.05, 3.63) is 59.7 Å². The molecule has 7 nitrogen and oxygen atoms in total. The Bertz CT molecular complexity index is 902. The minimum atomic E-state index is -0.992. The van der Waals surface area contributed by atoms with Crippen molar-refractivity contribution in [2.24, 2.45) is 4.99 Å². The van der Waals surface area contributed by atoms with Gasteiger partial charge in [0.25, 0.3) is 5.91 Å². The first-order valence-electron chi connectivity index (χ1n) is 8.77. The third-order valence-corrected chi connectivity index (χ3v) is 4.70. The summed E-state index contributed by atoms with van der Waals surface area (Å²) in [6, 6.07) is 13.8. The van der Waals surface area contributed by atoms with Crippen molar-refractivity contribution in [2.45, 2.75) is 0 Å². The van der Waals surface area contributed by atoms with Crippen LogP contribution in [0.2, 0.25) is 0 Å². The number of carboxylic acids is 1. The molecule has 0 saturated carbocycles. The molecular weight excluding hydrogens is 346 g/mol. The molecule has 4 rings (SSSR count). The number of fused-ring (bicyclic) bond motifs is 1. The van der Waals surface area contributed by atoms with E-state index in [1.807, 2.05) is 24.3 Å². The average molecular weight is 365 g/mol. The van der Waals surface area contributed by atoms with E-state index >= 15 is 0 Å². The fourth-order valence-electron chi connectivity index (χ4n) is 3.26. The number of carbonyl (C=O) groups is 2. The molecule has 1 saturated heterocycles. The average Bonchev–Trinajstić information content (AvgIpc) is 2.95. The quantitative estimate of drug-likeness (QED) is 0.898. The molecule has 0 unspecified atom stereocenters. The van der Waals surface area contributed by atoms with Gasteiger partial charge in [0.05, 0.1) is 36.8 Å². The van der Waals surface area contributed by atoms with Crippen LogP contribution in [0.25, 0.3) is 0 Å². The summed E-state index contributed by atoms with van der Waals surface area (Å²) in [5.41, 5.74) is 2.74. The molecule has 0 spiro atoms. The van der Waals surface area contributed by atoms with E-state index in [4.69, 9.17) is 9.84 Å². The van der Waals surface area contributed by atoms with Gasteiger partial charge >= 0.3 is 5.97 Å². The van der Waals surface area contributed by atoms with Gasteiger partial charge in [0.15, 0.2) is 0 Å². The molecule has 0 bridgehead atoms. The lowest BCUT2D eigenvalue weighted by Gasteiger charge is -2.30. The van der Waals surface area contributed by atoms with Crippen LogP contribution in [0.3, 0.4) is 0 Å². The SMILES string of the molecule is O=C(O)c1ccc(N=C2C(=O)N(CN3CCOCC3)c3ccccc32)cc1. The molecule has 2 aromatic carbocycles. The second-order valence-corrected chi connectivity index (χ2v) is 6.43. The third kappa shape index (κ3) is 3.47. The standard InChI is InChI=1S/C20H19N3O4/c24-19-18(21-15-7-5-14(6-8-15)20(25)26)16-3-1-2-4-17(16)23(19)13-22-9-11-27-12-10-22/h1-8H,9-13H2,(H,25,26). The number of aromatic carboxylic acids is 1. The summed E-state index contributed by atoms with van der Waals surface area (Å²) in [5, 5.41) is 9.01. The lowest BCUT2D eigenvalue weighted by molar-refractivity contribution is -0.112. The number of rotatable bonds is 4. The van der Waals surface area contributed by atoms with Crippen molar-refractivity contribution in [2.75, 3.05) is 37.9 Å². The molecule has 0 atom stereocenters. The van der Waals surface area contributed by atoms with Gasteiger partial charge in [0.1, 0.15) is 5.71 Å². The maximum absolute atomic E-state index is 13.1. The number of amides is 1. The smallest absolute Gasteiger partial charge is 0.335 e. The van der Waals surface area contributed by atoms with Crippen LogP contribution in [0, 0.1) is 0 Å². The van der Waals surface area contributed by atoms with E-state index in [-0.39, 0.29) is 11.5 Å². The zero-order chi connectivity index (χ0) is 18.8. The van der Waals surface area contributed by atoms with Crippen molar-refractivity contribution in [3.63, 3.8) is 0 Å². The number of ether oxygens (including phenoxy) is 1. The topological polar surface area (TPSA) is 82.4 Å². The lowest BCUT2D eigenvalue weighted by Crippen LogP contribution is -2.45. The minimum absolute atomic E-state index is 0.148. The van der Waals surface area contributed by atoms with Gasteiger partial charge in [-0.3, -0.25) is 14.6 Å². The summed E-state index contributed by atoms with van der Waals surface area (Å²) in [6.07, 6.45) is 0. The lowest BCUT2D eigenvalue weighted by atomic mass is 10.1. The molecule has 2 aliphatic rings. The Morgan fingerprint density at radius 2 is 1.78 bits per heavy atom. The van der Waals surface area contributed by atoms with Crippen LogP contribution in [-0.2, 0) is 9.53 Å². The van der Waals surface area contributed by atoms with E-state index in [0.29, 0.717) is 31.3 Å². The van der Waals surface area contributed by atoms with Crippen LogP contribution >= 0.6 is 0 Å². The van der Waals surface area contributed by atoms with Crippen LogP contribution in [0.15, 0.2) is 53.5 Å². The molecule has 138 valence electrons. The Morgan fingerprint density at radius 3 is 2.48 bits per heavy atom. The molecule has 1 fully saturated rings. The highest BCUT2D eigenvalue weighted by molar-refractivity contribution is 6.54. The van der Waals surface area contributed by atoms with Gasteiger partial charge in [-0.25, -0.2) is 9.79 Å². The summed E-state index contributed by atoms with van der Waals surface area (Å²) in [7, 11) is 0. The van der Waals surface area contributed by atoms with Crippen molar-refractivity contribution >= 4 is 29.0 Å². The third-order valence-electron chi connectivity index (χ3n) is 4.70. The van der Waals surface area contributed by atoms with Gasteiger partial charge in [-0.1, -0.05) is 18.2 Å². The Balaban J connectivity index is 1.65. The number of benzene rings is 2. The monoisotopic (exact) mass is 365 g/mol. The molecule has 27 heavy (non-hydrogen) atoms. The molecule has 2 heterocycles. The highest BCUT2D eigenvalue weighted by Crippen LogP contribution is 2.31. The number of hydrogen-bond acceptors (Lipinski definition) is 5. The summed E-state index contributed by atoms with van der Waals surface area (Å²) in [5.74, 6) is -1.14. The highest BCUT2D eigenvalue weighted by Gasteiger charge is 2.34. The number of aliphatic imine (C=N–C) groups is 1. The van der Waals surface area contributed by atoms with Crippen molar-refractivity contribution < 1.29 is 19.4 Å². The first-order valence-corrected chi connectivity index (χ1v) is 8.77. The van der Waals surface area contributed by atoms with Gasteiger partial charge in [0.2, 0.25) is 0 Å². The molecule has 2 aromatic rings. The second-order valence-electron chi connectivity index (χ2n) is 6.43. The van der Waals surface area contributed by atoms with Crippen LogP contribution in [0.5, 0.6) is 0 Å². The Kier molecular flexibility index (Phi) is 4.70. The van der Waals surface area contributed by atoms with Gasteiger partial charge in [-0.15, -0.1) is 0 Å². The van der Waals surface area contributed by atoms with Crippen molar-refractivity contribution in [1.29, 1.82) is 0 Å². The maximum atomic E-state index is 13.1. The van der Waals surface area contributed by atoms with E-state index in [2.05, 4.69) is 9.89 Å². The maximum Gasteiger partial charge on any atom is 0.335 e. The molecular formula is C20H19N3O4. The van der Waals surface area contributed by atoms with Crippen molar-refractivity contribution in [1.82, 2.24) is 4.90 Å². The zero-order valence-corrected chi connectivity index (χ0v) is 14.7. The van der Waals surface area contributed by atoms with E-state index in [0.717, 1.165) is 24.3 Å². The molecule has 0 radical (unpaired) electrons. The number of carboxylic acid groups (broad SMARTS) is 1. The van der Waals surface area contributed by atoms with Gasteiger partial charge < -0.3 is 9.84 Å². The van der Waals surface area contributed by atoms with Crippen LogP contribution in [0.4, 0.5) is 11.4 Å². The highest BCUT2D eigenvalue weighted by atomic mass is 16.5. The fourth-order valence-corrected chi connectivity index (χ4v) is 3.26. The van der Waals surface area contributed by atoms with E-state index in [1.54, 1.807) is 17.0 Å². The fraction of sp³-hybridized carbons (Fsp3) is 0.250. The van der Waals surface area contributed by atoms with Crippen LogP contribution in [0.1, 0.15) is 15.9 Å². The number of para-hydroxylation sites is 1. The van der Waals surface area contributed by atoms with Gasteiger partial charge in [-0.05, 0) is 30.3 Å². The Labute approximate surface area is 156 Å². The largest absolute Gasteiger partial charge is 0.478 e. The Hall–Kier alpha value is -3.03. The van der Waals surface area contributed by atoms with Gasteiger partial charge in [-0.2, -0.15) is 0 Å². The number of hydrogen-bond donors (Lipinski definition) is 1. The van der Waals surface area contributed by atoms with E-state index in [1.165, 1.54) is 12.1 Å². The first kappa shape index (κ1) is 17.4. The van der Waals surface area contributed by atoms with Crippen LogP contribution in [-0.4, -0.2) is 60.6 Å². The molecule has 7 heteroatoms. The zero-order valence-electron chi connectivity index (χ0n) is 14.7. The summed E-state index contributed by atoms with van der Waals surface area (Å²) in [6.45, 7) is 3.40. The molecule has 0 aliphatic carbocycles. The molecule has 1 N–H and O–H groups in total. The number of morpholine rings is 1. The van der Waals surface area contributed by atoms with Crippen LogP contribution < -0.4 is 4.90 Å². The summed E-state index contributed by atoms with van der Waals surface area (Å²) >= 11 is 0.